The summed E-state index contributed by atoms with van der Waals surface area (Å²) < 4.78 is 24.0. The summed E-state index contributed by atoms with van der Waals surface area (Å²) in [5, 5.41) is 12.2. The molecular weight excluding hydrogens is 164 g/mol. The largest absolute Gasteiger partial charge is 0.389 e. The highest BCUT2D eigenvalue weighted by molar-refractivity contribution is 4.90. The fourth-order valence-corrected chi connectivity index (χ4v) is 1.20. The Kier molecular flexibility index (Phi) is 3.01. The van der Waals surface area contributed by atoms with Crippen molar-refractivity contribution in [2.75, 3.05) is 6.54 Å². The van der Waals surface area contributed by atoms with Crippen LogP contribution in [0.4, 0.5) is 8.78 Å². The molecule has 1 rings (SSSR count). The number of nitrogens with one attached hydrogen (secondary N) is 1. The molecule has 2 nitrogen and oxygen atoms in total. The zero-order chi connectivity index (χ0) is 9.19. The van der Waals surface area contributed by atoms with E-state index in [1.165, 1.54) is 6.92 Å². The Morgan fingerprint density at radius 3 is 2.42 bits per heavy atom. The van der Waals surface area contributed by atoms with Gasteiger partial charge in [0.05, 0.1) is 11.6 Å². The molecular formula is C8H15F2NO. The molecule has 1 aliphatic rings. The molecule has 0 amide bonds. The lowest BCUT2D eigenvalue weighted by atomic mass is 9.80. The number of alkyl halides is 2. The van der Waals surface area contributed by atoms with Gasteiger partial charge in [0.1, 0.15) is 0 Å². The average Bonchev–Trinajstić information content (AvgIpc) is 1.96. The van der Waals surface area contributed by atoms with Gasteiger partial charge in [-0.25, -0.2) is 8.78 Å². The summed E-state index contributed by atoms with van der Waals surface area (Å²) in [6.45, 7) is 1.71. The molecule has 0 aromatic rings. The van der Waals surface area contributed by atoms with Crippen molar-refractivity contribution >= 4 is 0 Å². The highest BCUT2D eigenvalue weighted by Gasteiger charge is 2.34. The Morgan fingerprint density at radius 1 is 1.50 bits per heavy atom. The molecule has 1 aliphatic carbocycles. The quantitative estimate of drug-likeness (QED) is 0.678. The van der Waals surface area contributed by atoms with Crippen LogP contribution in [-0.4, -0.2) is 29.7 Å². The molecule has 0 saturated heterocycles. The average molecular weight is 179 g/mol. The number of rotatable bonds is 4. The third kappa shape index (κ3) is 2.38. The normalized spacial score (nSPS) is 23.8. The molecule has 1 unspecified atom stereocenters. The molecule has 1 fully saturated rings. The third-order valence-electron chi connectivity index (χ3n) is 2.42. The highest BCUT2D eigenvalue weighted by atomic mass is 19.3. The Labute approximate surface area is 71.0 Å². The summed E-state index contributed by atoms with van der Waals surface area (Å²) in [4.78, 5) is 0. The highest BCUT2D eigenvalue weighted by Crippen LogP contribution is 2.30. The summed E-state index contributed by atoms with van der Waals surface area (Å²) in [6.07, 6.45) is 0.112. The Balaban J connectivity index is 2.16. The SMILES string of the molecule is CC(NCC1(O)CCC1)C(F)F. The monoisotopic (exact) mass is 179 g/mol. The fraction of sp³-hybridized carbons (Fsp3) is 1.00. The lowest BCUT2D eigenvalue weighted by Gasteiger charge is -2.37. The van der Waals surface area contributed by atoms with E-state index in [1.54, 1.807) is 0 Å². The van der Waals surface area contributed by atoms with Crippen LogP contribution in [0.3, 0.4) is 0 Å². The summed E-state index contributed by atoms with van der Waals surface area (Å²) in [7, 11) is 0. The molecule has 72 valence electrons. The van der Waals surface area contributed by atoms with Gasteiger partial charge in [0, 0.05) is 6.54 Å². The van der Waals surface area contributed by atoms with Crippen LogP contribution < -0.4 is 5.32 Å². The Morgan fingerprint density at radius 2 is 2.08 bits per heavy atom. The first-order valence-electron chi connectivity index (χ1n) is 4.27. The topological polar surface area (TPSA) is 32.3 Å². The minimum absolute atomic E-state index is 0.290. The molecule has 0 spiro atoms. The van der Waals surface area contributed by atoms with Crippen LogP contribution >= 0.6 is 0 Å². The van der Waals surface area contributed by atoms with Crippen LogP contribution in [0.2, 0.25) is 0 Å². The van der Waals surface area contributed by atoms with Gasteiger partial charge in [-0.2, -0.15) is 0 Å². The van der Waals surface area contributed by atoms with E-state index in [2.05, 4.69) is 5.32 Å². The van der Waals surface area contributed by atoms with Gasteiger partial charge in [-0.05, 0) is 26.2 Å². The van der Waals surface area contributed by atoms with Crippen LogP contribution in [0.1, 0.15) is 26.2 Å². The zero-order valence-electron chi connectivity index (χ0n) is 7.19. The van der Waals surface area contributed by atoms with E-state index in [-0.39, 0.29) is 0 Å². The van der Waals surface area contributed by atoms with E-state index >= 15 is 0 Å². The van der Waals surface area contributed by atoms with E-state index in [1.807, 2.05) is 0 Å². The molecule has 0 aliphatic heterocycles. The van der Waals surface area contributed by atoms with Gasteiger partial charge < -0.3 is 10.4 Å². The minimum Gasteiger partial charge on any atom is -0.389 e. The number of aliphatic hydroxyl groups is 1. The molecule has 1 saturated carbocycles. The van der Waals surface area contributed by atoms with Crippen LogP contribution in [0.25, 0.3) is 0 Å². The van der Waals surface area contributed by atoms with E-state index in [0.29, 0.717) is 6.54 Å². The van der Waals surface area contributed by atoms with Crippen LogP contribution in [-0.2, 0) is 0 Å². The lowest BCUT2D eigenvalue weighted by molar-refractivity contribution is -0.0373. The van der Waals surface area contributed by atoms with Crippen molar-refractivity contribution < 1.29 is 13.9 Å². The molecule has 12 heavy (non-hydrogen) atoms. The second-order valence-corrected chi connectivity index (χ2v) is 3.58. The second kappa shape index (κ2) is 3.66. The smallest absolute Gasteiger partial charge is 0.253 e. The van der Waals surface area contributed by atoms with Crippen molar-refractivity contribution in [3.63, 3.8) is 0 Å². The first-order valence-corrected chi connectivity index (χ1v) is 4.27. The predicted octanol–water partition coefficient (Wildman–Crippen LogP) is 1.14. The Bertz CT molecular complexity index is 148. The standard InChI is InChI=1S/C8H15F2NO/c1-6(7(9)10)11-5-8(12)3-2-4-8/h6-7,11-12H,2-5H2,1H3. The maximum Gasteiger partial charge on any atom is 0.253 e. The summed E-state index contributed by atoms with van der Waals surface area (Å²) in [5.41, 5.74) is -0.705. The van der Waals surface area contributed by atoms with E-state index in [9.17, 15) is 13.9 Å². The second-order valence-electron chi connectivity index (χ2n) is 3.58. The summed E-state index contributed by atoms with van der Waals surface area (Å²) >= 11 is 0. The molecule has 1 atom stereocenters. The molecule has 0 radical (unpaired) electrons. The molecule has 0 aromatic heterocycles. The molecule has 0 bridgehead atoms. The summed E-state index contributed by atoms with van der Waals surface area (Å²) in [5.74, 6) is 0. The van der Waals surface area contributed by atoms with Gasteiger partial charge in [0.25, 0.3) is 6.43 Å². The van der Waals surface area contributed by atoms with Gasteiger partial charge in [0.2, 0.25) is 0 Å². The molecule has 2 N–H and O–H groups in total. The third-order valence-corrected chi connectivity index (χ3v) is 2.42. The van der Waals surface area contributed by atoms with Crippen molar-refractivity contribution in [3.05, 3.63) is 0 Å². The fourth-order valence-electron chi connectivity index (χ4n) is 1.20. The van der Waals surface area contributed by atoms with E-state index in [4.69, 9.17) is 0 Å². The van der Waals surface area contributed by atoms with E-state index < -0.39 is 18.1 Å². The van der Waals surface area contributed by atoms with Gasteiger partial charge in [0.15, 0.2) is 0 Å². The zero-order valence-corrected chi connectivity index (χ0v) is 7.19. The molecule has 0 heterocycles. The van der Waals surface area contributed by atoms with Gasteiger partial charge >= 0.3 is 0 Å². The van der Waals surface area contributed by atoms with Crippen molar-refractivity contribution in [2.24, 2.45) is 0 Å². The maximum absolute atomic E-state index is 12.0. The predicted molar refractivity (Wildman–Crippen MR) is 42.3 cm³/mol. The molecule has 0 aromatic carbocycles. The first-order chi connectivity index (χ1) is 5.53. The van der Waals surface area contributed by atoms with Crippen molar-refractivity contribution in [1.29, 1.82) is 0 Å². The van der Waals surface area contributed by atoms with Gasteiger partial charge in [-0.1, -0.05) is 0 Å². The summed E-state index contributed by atoms with van der Waals surface area (Å²) in [6, 6.07) is -0.824. The van der Waals surface area contributed by atoms with Crippen LogP contribution in [0.15, 0.2) is 0 Å². The van der Waals surface area contributed by atoms with Crippen molar-refractivity contribution in [2.45, 2.75) is 44.3 Å². The van der Waals surface area contributed by atoms with Gasteiger partial charge in [-0.15, -0.1) is 0 Å². The van der Waals surface area contributed by atoms with Crippen LogP contribution in [0, 0.1) is 0 Å². The number of hydrogen-bond donors (Lipinski definition) is 2. The molecule has 4 heteroatoms. The van der Waals surface area contributed by atoms with Crippen molar-refractivity contribution in [3.8, 4) is 0 Å². The van der Waals surface area contributed by atoms with E-state index in [0.717, 1.165) is 19.3 Å². The van der Waals surface area contributed by atoms with Crippen molar-refractivity contribution in [1.82, 2.24) is 5.32 Å². The van der Waals surface area contributed by atoms with Crippen LogP contribution in [0.5, 0.6) is 0 Å². The van der Waals surface area contributed by atoms with Gasteiger partial charge in [-0.3, -0.25) is 0 Å². The minimum atomic E-state index is -2.35. The maximum atomic E-state index is 12.0. The number of hydrogen-bond acceptors (Lipinski definition) is 2. The first kappa shape index (κ1) is 9.86. The Hall–Kier alpha value is -0.220. The lowest BCUT2D eigenvalue weighted by Crippen LogP contribution is -2.49. The number of halogens is 2.